The Morgan fingerprint density at radius 3 is 2.54 bits per heavy atom. The molecule has 0 unspecified atom stereocenters. The monoisotopic (exact) mass is 348 g/mol. The minimum absolute atomic E-state index is 0.0480. The van der Waals surface area contributed by atoms with Crippen LogP contribution in [0.4, 0.5) is 4.39 Å². The Kier molecular flexibility index (Phi) is 5.11. The summed E-state index contributed by atoms with van der Waals surface area (Å²) in [4.78, 5) is 18.2. The molecule has 1 aliphatic rings. The van der Waals surface area contributed by atoms with Crippen LogP contribution in [0.15, 0.2) is 42.6 Å². The maximum atomic E-state index is 13.0. The lowest BCUT2D eigenvalue weighted by molar-refractivity contribution is 0.0458. The van der Waals surface area contributed by atoms with Gasteiger partial charge >= 0.3 is 0 Å². The number of benzene rings is 1. The van der Waals surface area contributed by atoms with E-state index in [9.17, 15) is 14.3 Å². The fraction of sp³-hybridized carbons (Fsp3) is 0.333. The number of piperidine rings is 1. The molecule has 1 amide bonds. The molecule has 1 fully saturated rings. The first-order valence-electron chi connectivity index (χ1n) is 7.89. The van der Waals surface area contributed by atoms with E-state index in [-0.39, 0.29) is 17.6 Å². The number of carbonyl (C=O) groups is 1. The Balaban J connectivity index is 1.61. The Bertz CT molecular complexity index is 715. The van der Waals surface area contributed by atoms with Crippen LogP contribution in [0.3, 0.4) is 0 Å². The van der Waals surface area contributed by atoms with Crippen LogP contribution in [-0.4, -0.2) is 34.0 Å². The van der Waals surface area contributed by atoms with Gasteiger partial charge in [0, 0.05) is 24.3 Å². The molecule has 2 heterocycles. The van der Waals surface area contributed by atoms with Crippen molar-refractivity contribution in [3.05, 3.63) is 64.7 Å². The average molecular weight is 349 g/mol. The summed E-state index contributed by atoms with van der Waals surface area (Å²) in [6.07, 6.45) is 2.24. The summed E-state index contributed by atoms with van der Waals surface area (Å²) < 4.78 is 13.0. The van der Waals surface area contributed by atoms with Crippen molar-refractivity contribution in [1.82, 2.24) is 9.88 Å². The van der Waals surface area contributed by atoms with Gasteiger partial charge in [0.1, 0.15) is 11.5 Å². The third kappa shape index (κ3) is 3.74. The summed E-state index contributed by atoms with van der Waals surface area (Å²) in [7, 11) is 0. The minimum Gasteiger partial charge on any atom is -0.388 e. The van der Waals surface area contributed by atoms with E-state index in [4.69, 9.17) is 11.6 Å². The van der Waals surface area contributed by atoms with Gasteiger partial charge in [0.05, 0.1) is 6.10 Å². The molecule has 0 radical (unpaired) electrons. The third-order valence-corrected chi connectivity index (χ3v) is 4.66. The molecular formula is C18H18ClFN2O2. The molecule has 1 atom stereocenters. The second-order valence-electron chi connectivity index (χ2n) is 5.99. The van der Waals surface area contributed by atoms with Gasteiger partial charge in [-0.25, -0.2) is 4.39 Å². The molecule has 4 nitrogen and oxygen atoms in total. The van der Waals surface area contributed by atoms with E-state index < -0.39 is 6.10 Å². The van der Waals surface area contributed by atoms with Crippen LogP contribution in [0.1, 0.15) is 35.0 Å². The molecule has 6 heteroatoms. The largest absolute Gasteiger partial charge is 0.388 e. The Morgan fingerprint density at radius 1 is 1.25 bits per heavy atom. The van der Waals surface area contributed by atoms with E-state index in [1.165, 1.54) is 18.3 Å². The van der Waals surface area contributed by atoms with Crippen LogP contribution in [-0.2, 0) is 0 Å². The second kappa shape index (κ2) is 7.28. The smallest absolute Gasteiger partial charge is 0.272 e. The predicted octanol–water partition coefficient (Wildman–Crippen LogP) is 3.46. The van der Waals surface area contributed by atoms with E-state index in [1.807, 2.05) is 0 Å². The van der Waals surface area contributed by atoms with Gasteiger partial charge in [-0.05, 0) is 48.6 Å². The predicted molar refractivity (Wildman–Crippen MR) is 89.2 cm³/mol. The van der Waals surface area contributed by atoms with Crippen LogP contribution in [0.5, 0.6) is 0 Å². The maximum absolute atomic E-state index is 13.0. The van der Waals surface area contributed by atoms with Gasteiger partial charge in [-0.3, -0.25) is 9.78 Å². The van der Waals surface area contributed by atoms with Crippen molar-refractivity contribution in [3.63, 3.8) is 0 Å². The van der Waals surface area contributed by atoms with Crippen LogP contribution >= 0.6 is 11.6 Å². The van der Waals surface area contributed by atoms with Crippen molar-refractivity contribution in [2.75, 3.05) is 13.1 Å². The summed E-state index contributed by atoms with van der Waals surface area (Å²) in [5.74, 6) is -0.417. The van der Waals surface area contributed by atoms with E-state index in [2.05, 4.69) is 4.98 Å². The summed E-state index contributed by atoms with van der Waals surface area (Å²) in [6.45, 7) is 1.10. The highest BCUT2D eigenvalue weighted by Crippen LogP contribution is 2.31. The highest BCUT2D eigenvalue weighted by molar-refractivity contribution is 6.30. The molecule has 0 saturated carbocycles. The quantitative estimate of drug-likeness (QED) is 0.924. The van der Waals surface area contributed by atoms with Gasteiger partial charge in [-0.15, -0.1) is 0 Å². The molecule has 1 aromatic carbocycles. The van der Waals surface area contributed by atoms with Gasteiger partial charge in [0.25, 0.3) is 5.91 Å². The van der Waals surface area contributed by atoms with Crippen LogP contribution in [0, 0.1) is 11.7 Å². The summed E-state index contributed by atoms with van der Waals surface area (Å²) in [6, 6.07) is 9.10. The molecule has 1 saturated heterocycles. The summed E-state index contributed by atoms with van der Waals surface area (Å²) in [5, 5.41) is 10.9. The van der Waals surface area contributed by atoms with Gasteiger partial charge in [-0.1, -0.05) is 23.7 Å². The van der Waals surface area contributed by atoms with E-state index in [0.29, 0.717) is 42.2 Å². The van der Waals surface area contributed by atoms with E-state index in [0.717, 1.165) is 0 Å². The summed E-state index contributed by atoms with van der Waals surface area (Å²) >= 11 is 5.90. The van der Waals surface area contributed by atoms with Crippen molar-refractivity contribution >= 4 is 17.5 Å². The molecule has 1 N–H and O–H groups in total. The SMILES string of the molecule is O=C(c1cc(Cl)ccn1)N1CCC([C@H](O)c2ccc(F)cc2)CC1. The normalized spacial score (nSPS) is 16.9. The Morgan fingerprint density at radius 2 is 1.92 bits per heavy atom. The molecule has 1 aromatic heterocycles. The highest BCUT2D eigenvalue weighted by Gasteiger charge is 2.29. The lowest BCUT2D eigenvalue weighted by Gasteiger charge is -2.34. The zero-order valence-corrected chi connectivity index (χ0v) is 13.8. The number of hydrogen-bond acceptors (Lipinski definition) is 3. The molecule has 0 spiro atoms. The number of likely N-dealkylation sites (tertiary alicyclic amines) is 1. The number of hydrogen-bond donors (Lipinski definition) is 1. The number of rotatable bonds is 3. The fourth-order valence-electron chi connectivity index (χ4n) is 3.03. The topological polar surface area (TPSA) is 53.4 Å². The third-order valence-electron chi connectivity index (χ3n) is 4.43. The zero-order valence-electron chi connectivity index (χ0n) is 13.0. The molecule has 0 aliphatic carbocycles. The number of amides is 1. The lowest BCUT2D eigenvalue weighted by Crippen LogP contribution is -2.40. The zero-order chi connectivity index (χ0) is 17.1. The Labute approximate surface area is 144 Å². The molecular weight excluding hydrogens is 331 g/mol. The van der Waals surface area contributed by atoms with Gasteiger partial charge < -0.3 is 10.0 Å². The number of aliphatic hydroxyl groups excluding tert-OH is 1. The molecule has 2 aromatic rings. The maximum Gasteiger partial charge on any atom is 0.272 e. The fourth-order valence-corrected chi connectivity index (χ4v) is 3.19. The van der Waals surface area contributed by atoms with Gasteiger partial charge in [-0.2, -0.15) is 0 Å². The molecule has 3 rings (SSSR count). The number of pyridine rings is 1. The second-order valence-corrected chi connectivity index (χ2v) is 6.42. The average Bonchev–Trinajstić information content (AvgIpc) is 2.61. The molecule has 24 heavy (non-hydrogen) atoms. The molecule has 1 aliphatic heterocycles. The first-order chi connectivity index (χ1) is 11.5. The van der Waals surface area contributed by atoms with Crippen LogP contribution < -0.4 is 0 Å². The first-order valence-corrected chi connectivity index (χ1v) is 8.27. The van der Waals surface area contributed by atoms with Crippen molar-refractivity contribution in [3.8, 4) is 0 Å². The van der Waals surface area contributed by atoms with Crippen molar-refractivity contribution in [1.29, 1.82) is 0 Å². The van der Waals surface area contributed by atoms with E-state index in [1.54, 1.807) is 29.2 Å². The van der Waals surface area contributed by atoms with Crippen molar-refractivity contribution < 1.29 is 14.3 Å². The standard InChI is InChI=1S/C18H18ClFN2O2/c19-14-5-8-21-16(11-14)18(24)22-9-6-13(7-10-22)17(23)12-1-3-15(20)4-2-12/h1-5,8,11,13,17,23H,6-7,9-10H2/t17-/m1/s1. The number of carbonyl (C=O) groups excluding carboxylic acids is 1. The summed E-state index contributed by atoms with van der Waals surface area (Å²) in [5.41, 5.74) is 1.04. The van der Waals surface area contributed by atoms with Crippen molar-refractivity contribution in [2.24, 2.45) is 5.92 Å². The van der Waals surface area contributed by atoms with Gasteiger partial charge in [0.2, 0.25) is 0 Å². The highest BCUT2D eigenvalue weighted by atomic mass is 35.5. The van der Waals surface area contributed by atoms with Gasteiger partial charge in [0.15, 0.2) is 0 Å². The molecule has 126 valence electrons. The minimum atomic E-state index is -0.646. The lowest BCUT2D eigenvalue weighted by atomic mass is 9.87. The number of aliphatic hydroxyl groups is 1. The first kappa shape index (κ1) is 16.9. The van der Waals surface area contributed by atoms with Crippen LogP contribution in [0.2, 0.25) is 5.02 Å². The Hall–Kier alpha value is -1.98. The van der Waals surface area contributed by atoms with Crippen LogP contribution in [0.25, 0.3) is 0 Å². The number of halogens is 2. The molecule has 0 bridgehead atoms. The number of nitrogens with zero attached hydrogens (tertiary/aromatic N) is 2. The number of aromatic nitrogens is 1. The van der Waals surface area contributed by atoms with Crippen molar-refractivity contribution in [2.45, 2.75) is 18.9 Å². The van der Waals surface area contributed by atoms with E-state index >= 15 is 0 Å².